The highest BCUT2D eigenvalue weighted by atomic mass is 16.6. The average molecular weight is 464 g/mol. The Balaban J connectivity index is 1.85. The zero-order chi connectivity index (χ0) is 24.6. The number of hydrogen-bond donors (Lipinski definition) is 3. The number of hydrogen-bond acceptors (Lipinski definition) is 8. The Hall–Kier alpha value is -4.14. The van der Waals surface area contributed by atoms with Crippen molar-refractivity contribution in [2.45, 2.75) is 18.0 Å². The number of nitro groups is 1. The van der Waals surface area contributed by atoms with Crippen LogP contribution in [-0.4, -0.2) is 56.5 Å². The number of amides is 2. The van der Waals surface area contributed by atoms with Gasteiger partial charge in [-0.05, 0) is 17.2 Å². The normalized spacial score (nSPS) is 25.8. The third-order valence-corrected chi connectivity index (χ3v) is 6.50. The summed E-state index contributed by atoms with van der Waals surface area (Å²) in [6.45, 7) is -0.753. The Morgan fingerprint density at radius 3 is 2.44 bits per heavy atom. The maximum Gasteiger partial charge on any atom is 0.325 e. The first kappa shape index (κ1) is 23.0. The van der Waals surface area contributed by atoms with Gasteiger partial charge in [0.15, 0.2) is 0 Å². The second-order valence-electron chi connectivity index (χ2n) is 8.25. The number of rotatable bonds is 7. The maximum absolute atomic E-state index is 13.3. The first-order chi connectivity index (χ1) is 16.2. The number of nitrogens with one attached hydrogen (secondary N) is 1. The van der Waals surface area contributed by atoms with Crippen LogP contribution in [0.25, 0.3) is 0 Å². The number of nitro benzene ring substituents is 1. The third kappa shape index (κ3) is 3.49. The first-order valence-electron chi connectivity index (χ1n) is 10.4. The van der Waals surface area contributed by atoms with E-state index in [1.165, 1.54) is 30.3 Å². The lowest BCUT2D eigenvalue weighted by Crippen LogP contribution is -2.57. The first-order valence-corrected chi connectivity index (χ1v) is 10.4. The molecule has 11 nitrogen and oxygen atoms in total. The molecule has 3 N–H and O–H groups in total. The summed E-state index contributed by atoms with van der Waals surface area (Å²) in [4.78, 5) is 50.6. The number of benzene rings is 2. The number of aliphatic carboxylic acids is 1. The van der Waals surface area contributed by atoms with Crippen molar-refractivity contribution in [3.05, 3.63) is 75.3 Å². The number of carbonyl (C=O) groups is 3. The average Bonchev–Trinajstić information content (AvgIpc) is 3.29. The molecule has 34 heavy (non-hydrogen) atoms. The summed E-state index contributed by atoms with van der Waals surface area (Å²) in [5.41, 5.74) is -1.07. The molecule has 0 aromatic heterocycles. The quantitative estimate of drug-likeness (QED) is 0.304. The van der Waals surface area contributed by atoms with Crippen LogP contribution in [0.3, 0.4) is 0 Å². The number of imide groups is 1. The Morgan fingerprint density at radius 1 is 1.18 bits per heavy atom. The minimum absolute atomic E-state index is 0.174. The van der Waals surface area contributed by atoms with Gasteiger partial charge in [0.05, 0.1) is 41.5 Å². The summed E-state index contributed by atoms with van der Waals surface area (Å²) < 4.78 is 0. The molecule has 2 saturated heterocycles. The smallest absolute Gasteiger partial charge is 0.325 e. The van der Waals surface area contributed by atoms with Gasteiger partial charge in [-0.1, -0.05) is 30.3 Å². The molecule has 2 fully saturated rings. The van der Waals surface area contributed by atoms with Crippen molar-refractivity contribution in [1.29, 1.82) is 5.26 Å². The lowest BCUT2D eigenvalue weighted by atomic mass is 9.76. The van der Waals surface area contributed by atoms with E-state index in [-0.39, 0.29) is 24.2 Å². The highest BCUT2D eigenvalue weighted by Gasteiger charge is 2.68. The Bertz CT molecular complexity index is 1220. The molecule has 4 atom stereocenters. The van der Waals surface area contributed by atoms with Crippen LogP contribution in [0.2, 0.25) is 0 Å². The number of nitrogens with zero attached hydrogens (tertiary/aromatic N) is 3. The molecule has 2 heterocycles. The highest BCUT2D eigenvalue weighted by Crippen LogP contribution is 2.50. The zero-order valence-electron chi connectivity index (χ0n) is 17.7. The van der Waals surface area contributed by atoms with E-state index in [0.29, 0.717) is 11.1 Å². The Morgan fingerprint density at radius 2 is 1.85 bits per heavy atom. The highest BCUT2D eigenvalue weighted by molar-refractivity contribution is 6.09. The van der Waals surface area contributed by atoms with Crippen molar-refractivity contribution in [1.82, 2.24) is 10.2 Å². The van der Waals surface area contributed by atoms with E-state index < -0.39 is 52.7 Å². The summed E-state index contributed by atoms with van der Waals surface area (Å²) in [6, 6.07) is 12.8. The van der Waals surface area contributed by atoms with Gasteiger partial charge in [-0.2, -0.15) is 5.26 Å². The number of β-amino-alcohol motifs (C(OH)–C–C–N with tert-alkyl or cyclic N) is 1. The van der Waals surface area contributed by atoms with Gasteiger partial charge in [0.1, 0.15) is 5.54 Å². The third-order valence-electron chi connectivity index (χ3n) is 6.50. The zero-order valence-corrected chi connectivity index (χ0v) is 17.7. The fourth-order valence-corrected chi connectivity index (χ4v) is 5.01. The van der Waals surface area contributed by atoms with Gasteiger partial charge in [0, 0.05) is 24.6 Å². The van der Waals surface area contributed by atoms with Gasteiger partial charge >= 0.3 is 5.97 Å². The predicted molar refractivity (Wildman–Crippen MR) is 115 cm³/mol. The van der Waals surface area contributed by atoms with Crippen molar-refractivity contribution in [2.24, 2.45) is 11.8 Å². The molecule has 2 aliphatic heterocycles. The molecule has 4 unspecified atom stereocenters. The van der Waals surface area contributed by atoms with Crippen LogP contribution in [0.4, 0.5) is 5.69 Å². The molecule has 0 aliphatic carbocycles. The predicted octanol–water partition coefficient (Wildman–Crippen LogP) is 0.770. The van der Waals surface area contributed by atoms with Gasteiger partial charge in [0.2, 0.25) is 11.8 Å². The monoisotopic (exact) mass is 464 g/mol. The van der Waals surface area contributed by atoms with Crippen molar-refractivity contribution < 1.29 is 29.5 Å². The largest absolute Gasteiger partial charge is 0.480 e. The molecule has 2 aromatic rings. The molecule has 174 valence electrons. The molecular weight excluding hydrogens is 444 g/mol. The minimum atomic E-state index is -1.93. The van der Waals surface area contributed by atoms with E-state index in [4.69, 9.17) is 0 Å². The fraction of sp³-hybridized carbons (Fsp3) is 0.304. The second kappa shape index (κ2) is 8.66. The van der Waals surface area contributed by atoms with E-state index in [1.807, 2.05) is 6.07 Å². The number of non-ortho nitro benzene ring substituents is 1. The van der Waals surface area contributed by atoms with E-state index >= 15 is 0 Å². The van der Waals surface area contributed by atoms with Crippen molar-refractivity contribution in [3.8, 4) is 6.07 Å². The Labute approximate surface area is 193 Å². The van der Waals surface area contributed by atoms with Crippen molar-refractivity contribution in [2.75, 3.05) is 13.2 Å². The summed E-state index contributed by atoms with van der Waals surface area (Å²) in [6.07, 6.45) is -0.237. The SMILES string of the molecule is N#Cc1ccccc1C1NC(Cc2ccc([N+](=O)[O-])cc2)(C(=O)O)C2C(=O)N(CCO)C(=O)C12. The van der Waals surface area contributed by atoms with Crippen LogP contribution in [0, 0.1) is 33.3 Å². The van der Waals surface area contributed by atoms with Crippen LogP contribution in [0.15, 0.2) is 48.5 Å². The topological polar surface area (TPSA) is 174 Å². The number of nitriles is 1. The lowest BCUT2D eigenvalue weighted by Gasteiger charge is -2.31. The molecule has 4 rings (SSSR count). The maximum atomic E-state index is 13.3. The molecule has 0 radical (unpaired) electrons. The van der Waals surface area contributed by atoms with Gasteiger partial charge < -0.3 is 10.2 Å². The summed E-state index contributed by atoms with van der Waals surface area (Å²) >= 11 is 0. The number of aliphatic hydroxyl groups is 1. The van der Waals surface area contributed by atoms with Crippen molar-refractivity contribution >= 4 is 23.5 Å². The summed E-state index contributed by atoms with van der Waals surface area (Å²) in [5, 5.41) is 43.3. The van der Waals surface area contributed by atoms with Crippen LogP contribution >= 0.6 is 0 Å². The molecule has 2 amide bonds. The number of fused-ring (bicyclic) bond motifs is 1. The molecule has 2 aliphatic rings. The van der Waals surface area contributed by atoms with Crippen LogP contribution in [0.5, 0.6) is 0 Å². The number of carbonyl (C=O) groups excluding carboxylic acids is 2. The van der Waals surface area contributed by atoms with E-state index in [1.54, 1.807) is 18.2 Å². The molecule has 2 aromatic carbocycles. The molecule has 0 saturated carbocycles. The van der Waals surface area contributed by atoms with Crippen molar-refractivity contribution in [3.63, 3.8) is 0 Å². The van der Waals surface area contributed by atoms with E-state index in [9.17, 15) is 40.0 Å². The molecular formula is C23H20N4O7. The molecule has 11 heteroatoms. The second-order valence-corrected chi connectivity index (χ2v) is 8.25. The number of likely N-dealkylation sites (tertiary alicyclic amines) is 1. The summed E-state index contributed by atoms with van der Waals surface area (Å²) in [7, 11) is 0. The van der Waals surface area contributed by atoms with Gasteiger partial charge in [-0.25, -0.2) is 0 Å². The standard InChI is InChI=1S/C23H20N4O7/c24-12-14-3-1-2-4-16(14)19-17-18(21(30)26(9-10-28)20(17)29)23(25-19,22(31)32)11-13-5-7-15(8-6-13)27(33)34/h1-8,17-19,25,28H,9-11H2,(H,31,32). The Kier molecular flexibility index (Phi) is 5.87. The van der Waals surface area contributed by atoms with Crippen LogP contribution < -0.4 is 5.32 Å². The number of aliphatic hydroxyl groups excluding tert-OH is 1. The van der Waals surface area contributed by atoms with Crippen LogP contribution in [-0.2, 0) is 20.8 Å². The van der Waals surface area contributed by atoms with Crippen LogP contribution in [0.1, 0.15) is 22.7 Å². The fourth-order valence-electron chi connectivity index (χ4n) is 5.01. The van der Waals surface area contributed by atoms with Gasteiger partial charge in [-0.15, -0.1) is 0 Å². The van der Waals surface area contributed by atoms with Gasteiger partial charge in [0.25, 0.3) is 5.69 Å². The minimum Gasteiger partial charge on any atom is -0.480 e. The number of carboxylic acid groups (broad SMARTS) is 1. The summed E-state index contributed by atoms with van der Waals surface area (Å²) in [5.74, 6) is -5.14. The van der Waals surface area contributed by atoms with E-state index in [0.717, 1.165) is 4.90 Å². The van der Waals surface area contributed by atoms with E-state index in [2.05, 4.69) is 5.32 Å². The van der Waals surface area contributed by atoms with Gasteiger partial charge in [-0.3, -0.25) is 34.7 Å². The molecule has 0 bridgehead atoms. The molecule has 0 spiro atoms. The number of carboxylic acids is 1. The lowest BCUT2D eigenvalue weighted by molar-refractivity contribution is -0.384.